The third-order valence-corrected chi connectivity index (χ3v) is 4.03. The first-order chi connectivity index (χ1) is 12.5. The lowest BCUT2D eigenvalue weighted by molar-refractivity contribution is -0.114. The zero-order valence-corrected chi connectivity index (χ0v) is 15.2. The number of aryl methyl sites for hydroxylation is 1. The van der Waals surface area contributed by atoms with E-state index in [2.05, 4.69) is 17.0 Å². The van der Waals surface area contributed by atoms with E-state index in [-0.39, 0.29) is 11.7 Å². The van der Waals surface area contributed by atoms with Crippen molar-refractivity contribution in [2.45, 2.75) is 26.8 Å². The number of halogens is 1. The van der Waals surface area contributed by atoms with E-state index in [0.29, 0.717) is 36.5 Å². The minimum Gasteiger partial charge on any atom is -0.365 e. The smallest absolute Gasteiger partial charge is 0.273 e. The fraction of sp³-hybridized carbons (Fsp3) is 0.238. The summed E-state index contributed by atoms with van der Waals surface area (Å²) in [7, 11) is 0. The van der Waals surface area contributed by atoms with E-state index in [1.54, 1.807) is 31.3 Å². The Morgan fingerprint density at radius 3 is 2.62 bits per heavy atom. The molecule has 0 aliphatic heterocycles. The van der Waals surface area contributed by atoms with Gasteiger partial charge in [0.1, 0.15) is 5.82 Å². The van der Waals surface area contributed by atoms with Gasteiger partial charge in [-0.2, -0.15) is 0 Å². The Balaban J connectivity index is 2.22. The van der Waals surface area contributed by atoms with Crippen molar-refractivity contribution < 1.29 is 9.18 Å². The van der Waals surface area contributed by atoms with Gasteiger partial charge in [0.2, 0.25) is 0 Å². The van der Waals surface area contributed by atoms with Crippen LogP contribution < -0.4 is 5.32 Å². The first-order valence-corrected chi connectivity index (χ1v) is 8.53. The summed E-state index contributed by atoms with van der Waals surface area (Å²) in [6.45, 7) is 7.86. The van der Waals surface area contributed by atoms with Crippen LogP contribution in [0.1, 0.15) is 24.5 Å². The highest BCUT2D eigenvalue weighted by Crippen LogP contribution is 2.18. The maximum absolute atomic E-state index is 14.2. The third-order valence-electron chi connectivity index (χ3n) is 4.03. The van der Waals surface area contributed by atoms with Crippen molar-refractivity contribution in [1.82, 2.24) is 4.90 Å². The SMILES string of the molecule is C=NC(=O)/C(=C\N(CNc1cccc(C)c1F)Cc1ccccc1)CC. The van der Waals surface area contributed by atoms with Crippen molar-refractivity contribution in [3.05, 3.63) is 77.2 Å². The van der Waals surface area contributed by atoms with E-state index in [0.717, 1.165) is 5.56 Å². The van der Waals surface area contributed by atoms with Gasteiger partial charge in [0.25, 0.3) is 5.91 Å². The van der Waals surface area contributed by atoms with Crippen molar-refractivity contribution in [3.8, 4) is 0 Å². The van der Waals surface area contributed by atoms with Gasteiger partial charge in [-0.1, -0.05) is 49.4 Å². The molecule has 2 rings (SSSR count). The van der Waals surface area contributed by atoms with Crippen LogP contribution in [0.15, 0.2) is 65.3 Å². The van der Waals surface area contributed by atoms with Crippen LogP contribution in [0.25, 0.3) is 0 Å². The van der Waals surface area contributed by atoms with Crippen molar-refractivity contribution in [1.29, 1.82) is 0 Å². The quantitative estimate of drug-likeness (QED) is 0.431. The molecule has 136 valence electrons. The van der Waals surface area contributed by atoms with Crippen LogP contribution in [0.2, 0.25) is 0 Å². The fourth-order valence-electron chi connectivity index (χ4n) is 2.56. The van der Waals surface area contributed by atoms with Crippen LogP contribution in [0.5, 0.6) is 0 Å². The molecule has 0 saturated carbocycles. The molecule has 0 bridgehead atoms. The van der Waals surface area contributed by atoms with E-state index >= 15 is 0 Å². The number of rotatable bonds is 8. The zero-order chi connectivity index (χ0) is 18.9. The van der Waals surface area contributed by atoms with Crippen LogP contribution in [0, 0.1) is 12.7 Å². The van der Waals surface area contributed by atoms with Crippen molar-refractivity contribution in [3.63, 3.8) is 0 Å². The first-order valence-electron chi connectivity index (χ1n) is 8.53. The molecule has 0 saturated heterocycles. The van der Waals surface area contributed by atoms with E-state index in [1.165, 1.54) is 0 Å². The van der Waals surface area contributed by atoms with Gasteiger partial charge in [-0.3, -0.25) is 4.79 Å². The molecule has 0 atom stereocenters. The van der Waals surface area contributed by atoms with Crippen LogP contribution in [0.4, 0.5) is 10.1 Å². The highest BCUT2D eigenvalue weighted by atomic mass is 19.1. The summed E-state index contributed by atoms with van der Waals surface area (Å²) in [5.74, 6) is -0.608. The first kappa shape index (κ1) is 19.4. The number of hydrogen-bond acceptors (Lipinski definition) is 3. The second-order valence-electron chi connectivity index (χ2n) is 5.97. The summed E-state index contributed by atoms with van der Waals surface area (Å²) in [5.41, 5.74) is 2.66. The Kier molecular flexibility index (Phi) is 7.09. The molecule has 0 unspecified atom stereocenters. The third kappa shape index (κ3) is 5.28. The number of carbonyl (C=O) groups excluding carboxylic acids is 1. The molecular weight excluding hydrogens is 329 g/mol. The second-order valence-corrected chi connectivity index (χ2v) is 5.97. The largest absolute Gasteiger partial charge is 0.365 e. The summed E-state index contributed by atoms with van der Waals surface area (Å²) in [6.07, 6.45) is 2.31. The van der Waals surface area contributed by atoms with Gasteiger partial charge in [-0.15, -0.1) is 0 Å². The predicted molar refractivity (Wildman–Crippen MR) is 105 cm³/mol. The number of amides is 1. The second kappa shape index (κ2) is 9.51. The normalized spacial score (nSPS) is 11.1. The van der Waals surface area contributed by atoms with Crippen LogP contribution >= 0.6 is 0 Å². The molecule has 0 aliphatic rings. The minimum atomic E-state index is -0.340. The predicted octanol–water partition coefficient (Wildman–Crippen LogP) is 4.53. The maximum atomic E-state index is 14.2. The molecule has 1 N–H and O–H groups in total. The summed E-state index contributed by atoms with van der Waals surface area (Å²) in [6, 6.07) is 15.1. The van der Waals surface area contributed by atoms with Gasteiger partial charge in [0, 0.05) is 18.3 Å². The molecule has 1 amide bonds. The number of aliphatic imine (C=N–C) groups is 1. The lowest BCUT2D eigenvalue weighted by Gasteiger charge is -2.23. The number of carbonyl (C=O) groups is 1. The standard InChI is InChI=1S/C21H24FN3O/c1-4-18(21(26)23-3)14-25(13-17-10-6-5-7-11-17)15-24-19-12-8-9-16(2)20(19)22/h5-12,14,24H,3-4,13,15H2,1-2H3/b18-14-. The van der Waals surface area contributed by atoms with Gasteiger partial charge in [-0.05, 0) is 37.3 Å². The Labute approximate surface area is 154 Å². The molecule has 0 aliphatic carbocycles. The molecule has 0 aromatic heterocycles. The van der Waals surface area contributed by atoms with Crippen molar-refractivity contribution in [2.75, 3.05) is 12.0 Å². The van der Waals surface area contributed by atoms with E-state index in [9.17, 15) is 9.18 Å². The van der Waals surface area contributed by atoms with Crippen LogP contribution in [0.3, 0.4) is 0 Å². The Bertz CT molecular complexity index is 787. The molecule has 4 nitrogen and oxygen atoms in total. The van der Waals surface area contributed by atoms with Gasteiger partial charge >= 0.3 is 0 Å². The lowest BCUT2D eigenvalue weighted by Crippen LogP contribution is -2.25. The van der Waals surface area contributed by atoms with E-state index < -0.39 is 0 Å². The number of nitrogens with zero attached hydrogens (tertiary/aromatic N) is 2. The topological polar surface area (TPSA) is 44.7 Å². The highest BCUT2D eigenvalue weighted by molar-refractivity contribution is 5.96. The van der Waals surface area contributed by atoms with Crippen LogP contribution in [-0.2, 0) is 11.3 Å². The molecule has 0 heterocycles. The molecule has 2 aromatic carbocycles. The Morgan fingerprint density at radius 1 is 1.23 bits per heavy atom. The van der Waals surface area contributed by atoms with Crippen molar-refractivity contribution >= 4 is 18.3 Å². The number of hydrogen-bond donors (Lipinski definition) is 1. The molecular formula is C21H24FN3O. The molecule has 2 aromatic rings. The lowest BCUT2D eigenvalue weighted by atomic mass is 10.2. The minimum absolute atomic E-state index is 0.268. The fourth-order valence-corrected chi connectivity index (χ4v) is 2.56. The maximum Gasteiger partial charge on any atom is 0.273 e. The zero-order valence-electron chi connectivity index (χ0n) is 15.2. The van der Waals surface area contributed by atoms with E-state index in [1.807, 2.05) is 42.2 Å². The van der Waals surface area contributed by atoms with Gasteiger partial charge in [0.05, 0.1) is 12.4 Å². The number of benzene rings is 2. The molecule has 0 radical (unpaired) electrons. The average molecular weight is 353 g/mol. The van der Waals surface area contributed by atoms with E-state index in [4.69, 9.17) is 0 Å². The average Bonchev–Trinajstić information content (AvgIpc) is 2.67. The van der Waals surface area contributed by atoms with Gasteiger partial charge in [0.15, 0.2) is 0 Å². The van der Waals surface area contributed by atoms with Gasteiger partial charge < -0.3 is 10.2 Å². The summed E-state index contributed by atoms with van der Waals surface area (Å²) in [4.78, 5) is 17.3. The monoisotopic (exact) mass is 353 g/mol. The number of anilines is 1. The summed E-state index contributed by atoms with van der Waals surface area (Å²) in [5, 5.41) is 3.11. The molecule has 0 fully saturated rings. The Hall–Kier alpha value is -2.95. The van der Waals surface area contributed by atoms with Crippen LogP contribution in [-0.4, -0.2) is 24.2 Å². The molecule has 5 heteroatoms. The highest BCUT2D eigenvalue weighted by Gasteiger charge is 2.10. The van der Waals surface area contributed by atoms with Gasteiger partial charge in [-0.25, -0.2) is 9.38 Å². The molecule has 26 heavy (non-hydrogen) atoms. The Morgan fingerprint density at radius 2 is 1.96 bits per heavy atom. The summed E-state index contributed by atoms with van der Waals surface area (Å²) < 4.78 is 14.2. The summed E-state index contributed by atoms with van der Waals surface area (Å²) >= 11 is 0. The molecule has 0 spiro atoms. The number of nitrogens with one attached hydrogen (secondary N) is 1. The van der Waals surface area contributed by atoms with Crippen molar-refractivity contribution in [2.24, 2.45) is 4.99 Å².